The van der Waals surface area contributed by atoms with Gasteiger partial charge < -0.3 is 14.8 Å². The maximum atomic E-state index is 12.5. The van der Waals surface area contributed by atoms with Gasteiger partial charge in [0.25, 0.3) is 5.91 Å². The van der Waals surface area contributed by atoms with Crippen LogP contribution in [0.4, 0.5) is 5.69 Å². The highest BCUT2D eigenvalue weighted by molar-refractivity contribution is 7.13. The minimum Gasteiger partial charge on any atom is -0.450 e. The summed E-state index contributed by atoms with van der Waals surface area (Å²) in [5.74, 6) is 0.706. The van der Waals surface area contributed by atoms with Crippen LogP contribution in [0.1, 0.15) is 32.8 Å². The van der Waals surface area contributed by atoms with E-state index in [0.29, 0.717) is 5.76 Å². The molecule has 5 heteroatoms. The number of aliphatic hydroxyl groups excluding tert-OH is 1. The van der Waals surface area contributed by atoms with Gasteiger partial charge in [0.15, 0.2) is 5.76 Å². The van der Waals surface area contributed by atoms with E-state index in [9.17, 15) is 9.90 Å². The second-order valence-electron chi connectivity index (χ2n) is 5.81. The quantitative estimate of drug-likeness (QED) is 0.724. The highest BCUT2D eigenvalue weighted by Gasteiger charge is 2.16. The first-order valence-electron chi connectivity index (χ1n) is 7.66. The van der Waals surface area contributed by atoms with Crippen molar-refractivity contribution in [3.05, 3.63) is 63.7 Å². The second-order valence-corrected chi connectivity index (χ2v) is 6.73. The summed E-state index contributed by atoms with van der Waals surface area (Å²) in [6.07, 6.45) is 0. The number of aryl methyl sites for hydroxylation is 3. The molecule has 0 unspecified atom stereocenters. The maximum Gasteiger partial charge on any atom is 0.291 e. The summed E-state index contributed by atoms with van der Waals surface area (Å²) in [6.45, 7) is 5.82. The minimum atomic E-state index is -0.279. The molecular formula is C19H19NO3S. The normalized spacial score (nSPS) is 10.8. The molecule has 124 valence electrons. The highest BCUT2D eigenvalue weighted by Crippen LogP contribution is 2.31. The predicted octanol–water partition coefficient (Wildman–Crippen LogP) is 4.68. The Morgan fingerprint density at radius 3 is 2.42 bits per heavy atom. The minimum absolute atomic E-state index is 0.0163. The van der Waals surface area contributed by atoms with Gasteiger partial charge in [-0.15, -0.1) is 11.3 Å². The van der Waals surface area contributed by atoms with Crippen molar-refractivity contribution in [2.75, 3.05) is 5.32 Å². The summed E-state index contributed by atoms with van der Waals surface area (Å²) in [4.78, 5) is 13.5. The Morgan fingerprint density at radius 1 is 1.12 bits per heavy atom. The number of amides is 1. The fourth-order valence-corrected chi connectivity index (χ4v) is 3.61. The lowest BCUT2D eigenvalue weighted by Gasteiger charge is -2.12. The van der Waals surface area contributed by atoms with Crippen molar-refractivity contribution in [1.82, 2.24) is 0 Å². The summed E-state index contributed by atoms with van der Waals surface area (Å²) in [5, 5.41) is 14.2. The van der Waals surface area contributed by atoms with Crippen LogP contribution < -0.4 is 5.32 Å². The number of hydrogen-bond acceptors (Lipinski definition) is 4. The topological polar surface area (TPSA) is 62.5 Å². The van der Waals surface area contributed by atoms with Crippen molar-refractivity contribution < 1.29 is 14.3 Å². The van der Waals surface area contributed by atoms with Crippen molar-refractivity contribution in [2.24, 2.45) is 0 Å². The molecule has 2 N–H and O–H groups in total. The van der Waals surface area contributed by atoms with Gasteiger partial charge in [0, 0.05) is 5.69 Å². The monoisotopic (exact) mass is 341 g/mol. The molecule has 0 atom stereocenters. The number of hydrogen-bond donors (Lipinski definition) is 2. The lowest BCUT2D eigenvalue weighted by atomic mass is 10.0. The number of benzene rings is 1. The van der Waals surface area contributed by atoms with E-state index in [2.05, 4.69) is 5.32 Å². The zero-order valence-corrected chi connectivity index (χ0v) is 14.7. The molecule has 2 heterocycles. The van der Waals surface area contributed by atoms with Crippen molar-refractivity contribution in [1.29, 1.82) is 0 Å². The van der Waals surface area contributed by atoms with E-state index in [1.807, 2.05) is 50.4 Å². The van der Waals surface area contributed by atoms with E-state index >= 15 is 0 Å². The molecule has 1 aromatic carbocycles. The summed E-state index contributed by atoms with van der Waals surface area (Å²) >= 11 is 1.59. The van der Waals surface area contributed by atoms with E-state index < -0.39 is 0 Å². The molecule has 2 aromatic heterocycles. The Labute approximate surface area is 144 Å². The summed E-state index contributed by atoms with van der Waals surface area (Å²) < 4.78 is 5.73. The molecule has 0 fully saturated rings. The second kappa shape index (κ2) is 6.63. The molecule has 3 aromatic rings. The molecule has 0 bridgehead atoms. The molecule has 0 radical (unpaired) electrons. The Balaban J connectivity index is 1.84. The number of anilines is 1. The van der Waals surface area contributed by atoms with E-state index in [1.54, 1.807) is 17.4 Å². The van der Waals surface area contributed by atoms with E-state index in [4.69, 9.17) is 4.42 Å². The molecule has 24 heavy (non-hydrogen) atoms. The van der Waals surface area contributed by atoms with Crippen LogP contribution >= 0.6 is 11.3 Å². The number of furan rings is 1. The fourth-order valence-electron chi connectivity index (χ4n) is 2.72. The molecule has 0 aliphatic carbocycles. The molecule has 3 rings (SSSR count). The lowest BCUT2D eigenvalue weighted by molar-refractivity contribution is 0.0997. The molecular weight excluding hydrogens is 322 g/mol. The van der Waals surface area contributed by atoms with E-state index in [-0.39, 0.29) is 18.3 Å². The van der Waals surface area contributed by atoms with Gasteiger partial charge in [0.05, 0.1) is 11.5 Å². The average molecular weight is 341 g/mol. The van der Waals surface area contributed by atoms with Gasteiger partial charge in [-0.25, -0.2) is 0 Å². The van der Waals surface area contributed by atoms with Gasteiger partial charge in [-0.2, -0.15) is 0 Å². The number of nitrogens with one attached hydrogen (secondary N) is 1. The zero-order chi connectivity index (χ0) is 17.3. The third-order valence-electron chi connectivity index (χ3n) is 3.93. The van der Waals surface area contributed by atoms with Gasteiger partial charge in [0.1, 0.15) is 5.76 Å². The van der Waals surface area contributed by atoms with Crippen molar-refractivity contribution in [3.63, 3.8) is 0 Å². The third kappa shape index (κ3) is 3.13. The van der Waals surface area contributed by atoms with Crippen molar-refractivity contribution >= 4 is 22.9 Å². The van der Waals surface area contributed by atoms with Crippen LogP contribution in [0.25, 0.3) is 10.6 Å². The number of thiophene rings is 1. The van der Waals surface area contributed by atoms with Crippen LogP contribution in [-0.4, -0.2) is 11.0 Å². The molecule has 0 saturated heterocycles. The molecule has 0 aliphatic rings. The Kier molecular flexibility index (Phi) is 4.55. The summed E-state index contributed by atoms with van der Waals surface area (Å²) in [7, 11) is 0. The van der Waals surface area contributed by atoms with E-state index in [0.717, 1.165) is 32.8 Å². The van der Waals surface area contributed by atoms with E-state index in [1.165, 1.54) is 0 Å². The SMILES string of the molecule is Cc1ccsc1-c1ccc(C(=O)Nc2c(C)cc(CO)cc2C)o1. The largest absolute Gasteiger partial charge is 0.450 e. The van der Waals surface area contributed by atoms with Crippen molar-refractivity contribution in [3.8, 4) is 10.6 Å². The number of carbonyl (C=O) groups is 1. The van der Waals surface area contributed by atoms with Crippen molar-refractivity contribution in [2.45, 2.75) is 27.4 Å². The van der Waals surface area contributed by atoms with Crippen LogP contribution in [0.15, 0.2) is 40.1 Å². The standard InChI is InChI=1S/C19H19NO3S/c1-11-6-7-24-18(11)15-4-5-16(23-15)19(22)20-17-12(2)8-14(10-21)9-13(17)3/h4-9,21H,10H2,1-3H3,(H,20,22). The molecule has 0 saturated carbocycles. The smallest absolute Gasteiger partial charge is 0.291 e. The van der Waals surface area contributed by atoms with Gasteiger partial charge in [-0.05, 0) is 66.6 Å². The highest BCUT2D eigenvalue weighted by atomic mass is 32.1. The van der Waals surface area contributed by atoms with Crippen LogP contribution in [-0.2, 0) is 6.61 Å². The van der Waals surface area contributed by atoms with Crippen LogP contribution in [0.3, 0.4) is 0 Å². The summed E-state index contributed by atoms with van der Waals surface area (Å²) in [5.41, 5.74) is 4.54. The number of rotatable bonds is 4. The Morgan fingerprint density at radius 2 is 1.83 bits per heavy atom. The molecule has 0 spiro atoms. The molecule has 1 amide bonds. The van der Waals surface area contributed by atoms with Crippen LogP contribution in [0.5, 0.6) is 0 Å². The van der Waals surface area contributed by atoms with Gasteiger partial charge in [0.2, 0.25) is 0 Å². The first kappa shape index (κ1) is 16.5. The third-order valence-corrected chi connectivity index (χ3v) is 4.96. The number of carbonyl (C=O) groups excluding carboxylic acids is 1. The first-order chi connectivity index (χ1) is 11.5. The Bertz CT molecular complexity index is 869. The first-order valence-corrected chi connectivity index (χ1v) is 8.54. The molecule has 0 aliphatic heterocycles. The van der Waals surface area contributed by atoms with Gasteiger partial charge in [-0.1, -0.05) is 12.1 Å². The maximum absolute atomic E-state index is 12.5. The lowest BCUT2D eigenvalue weighted by Crippen LogP contribution is -2.13. The van der Waals surface area contributed by atoms with Gasteiger partial charge in [-0.3, -0.25) is 4.79 Å². The van der Waals surface area contributed by atoms with Gasteiger partial charge >= 0.3 is 0 Å². The predicted molar refractivity (Wildman–Crippen MR) is 96.6 cm³/mol. The number of aliphatic hydroxyl groups is 1. The van der Waals surface area contributed by atoms with Crippen LogP contribution in [0.2, 0.25) is 0 Å². The summed E-state index contributed by atoms with van der Waals surface area (Å²) in [6, 6.07) is 9.27. The Hall–Kier alpha value is -2.37. The zero-order valence-electron chi connectivity index (χ0n) is 13.8. The van der Waals surface area contributed by atoms with Crippen LogP contribution in [0, 0.1) is 20.8 Å². The fraction of sp³-hybridized carbons (Fsp3) is 0.211. The average Bonchev–Trinajstić information content (AvgIpc) is 3.19. The molecule has 4 nitrogen and oxygen atoms in total.